The van der Waals surface area contributed by atoms with Crippen LogP contribution in [0.2, 0.25) is 0 Å². The molecular formula is C21H23NO4. The van der Waals surface area contributed by atoms with Crippen LogP contribution in [0.1, 0.15) is 37.8 Å². The van der Waals surface area contributed by atoms with Gasteiger partial charge in [-0.05, 0) is 25.0 Å². The molecule has 3 rings (SSSR count). The molecule has 5 nitrogen and oxygen atoms in total. The van der Waals surface area contributed by atoms with E-state index >= 15 is 0 Å². The van der Waals surface area contributed by atoms with Gasteiger partial charge in [0.25, 0.3) is 5.91 Å². The quantitative estimate of drug-likeness (QED) is 0.834. The van der Waals surface area contributed by atoms with Crippen LogP contribution >= 0.6 is 0 Å². The number of rotatable bonds is 5. The summed E-state index contributed by atoms with van der Waals surface area (Å²) in [6.45, 7) is 5.67. The molecule has 1 amide bonds. The lowest BCUT2D eigenvalue weighted by molar-refractivity contribution is -0.149. The summed E-state index contributed by atoms with van der Waals surface area (Å²) in [6.07, 6.45) is 0. The van der Waals surface area contributed by atoms with Gasteiger partial charge in [0.15, 0.2) is 6.61 Å². The maximum Gasteiger partial charge on any atom is 0.318 e. The molecule has 1 aliphatic heterocycles. The standard InChI is InChI=1S/C21H23NO4/c1-13(2)14(3)22-19(23)12-25-21(24)20-15-8-4-6-10-17(15)26-18-11-7-5-9-16(18)20/h4-11,13-14,20H,12H2,1-3H3,(H,22,23)/t14-/m0/s1. The lowest BCUT2D eigenvalue weighted by atomic mass is 9.88. The third-order valence-electron chi connectivity index (χ3n) is 4.65. The Balaban J connectivity index is 1.76. The molecule has 5 heteroatoms. The fourth-order valence-electron chi connectivity index (χ4n) is 2.85. The van der Waals surface area contributed by atoms with Crippen LogP contribution in [0, 0.1) is 5.92 Å². The number of para-hydroxylation sites is 2. The van der Waals surface area contributed by atoms with Crippen molar-refractivity contribution in [2.24, 2.45) is 5.92 Å². The van der Waals surface area contributed by atoms with Gasteiger partial charge in [0.2, 0.25) is 0 Å². The fourth-order valence-corrected chi connectivity index (χ4v) is 2.85. The summed E-state index contributed by atoms with van der Waals surface area (Å²) >= 11 is 0. The van der Waals surface area contributed by atoms with Gasteiger partial charge in [-0.3, -0.25) is 9.59 Å². The zero-order valence-electron chi connectivity index (χ0n) is 15.2. The molecule has 1 atom stereocenters. The van der Waals surface area contributed by atoms with Gasteiger partial charge in [-0.1, -0.05) is 50.2 Å². The molecule has 0 saturated heterocycles. The molecule has 0 aliphatic carbocycles. The Labute approximate surface area is 153 Å². The van der Waals surface area contributed by atoms with Crippen LogP contribution in [0.4, 0.5) is 0 Å². The molecule has 0 bridgehead atoms. The van der Waals surface area contributed by atoms with E-state index in [1.54, 1.807) is 0 Å². The Kier molecular flexibility index (Phi) is 5.26. The van der Waals surface area contributed by atoms with E-state index in [9.17, 15) is 9.59 Å². The van der Waals surface area contributed by atoms with Crippen LogP contribution in [0.15, 0.2) is 48.5 Å². The fraction of sp³-hybridized carbons (Fsp3) is 0.333. The zero-order chi connectivity index (χ0) is 18.7. The summed E-state index contributed by atoms with van der Waals surface area (Å²) in [5.74, 6) is 0.209. The van der Waals surface area contributed by atoms with Crippen molar-refractivity contribution in [3.05, 3.63) is 59.7 Å². The summed E-state index contributed by atoms with van der Waals surface area (Å²) in [7, 11) is 0. The van der Waals surface area contributed by atoms with E-state index in [4.69, 9.17) is 9.47 Å². The van der Waals surface area contributed by atoms with Crippen molar-refractivity contribution in [1.82, 2.24) is 5.32 Å². The predicted molar refractivity (Wildman–Crippen MR) is 98.2 cm³/mol. The van der Waals surface area contributed by atoms with Gasteiger partial charge in [-0.15, -0.1) is 0 Å². The van der Waals surface area contributed by atoms with Crippen molar-refractivity contribution < 1.29 is 19.1 Å². The van der Waals surface area contributed by atoms with Crippen LogP contribution in [-0.2, 0) is 14.3 Å². The highest BCUT2D eigenvalue weighted by molar-refractivity contribution is 5.87. The monoisotopic (exact) mass is 353 g/mol. The van der Waals surface area contributed by atoms with Crippen molar-refractivity contribution in [2.45, 2.75) is 32.7 Å². The van der Waals surface area contributed by atoms with Gasteiger partial charge in [0, 0.05) is 17.2 Å². The Morgan fingerprint density at radius 1 is 1.00 bits per heavy atom. The number of amides is 1. The van der Waals surface area contributed by atoms with Gasteiger partial charge in [-0.2, -0.15) is 0 Å². The van der Waals surface area contributed by atoms with Crippen molar-refractivity contribution in [2.75, 3.05) is 6.61 Å². The highest BCUT2D eigenvalue weighted by atomic mass is 16.5. The summed E-state index contributed by atoms with van der Waals surface area (Å²) in [6, 6.07) is 14.8. The lowest BCUT2D eigenvalue weighted by Crippen LogP contribution is -2.39. The smallest absolute Gasteiger partial charge is 0.318 e. The van der Waals surface area contributed by atoms with Crippen LogP contribution in [0.5, 0.6) is 11.5 Å². The number of ether oxygens (including phenoxy) is 2. The van der Waals surface area contributed by atoms with Crippen molar-refractivity contribution in [3.63, 3.8) is 0 Å². The molecule has 0 unspecified atom stereocenters. The number of hydrogen-bond donors (Lipinski definition) is 1. The third kappa shape index (κ3) is 3.72. The number of carbonyl (C=O) groups excluding carboxylic acids is 2. The molecule has 0 saturated carbocycles. The average Bonchev–Trinajstić information content (AvgIpc) is 2.64. The first-order valence-corrected chi connectivity index (χ1v) is 8.79. The maximum absolute atomic E-state index is 12.8. The average molecular weight is 353 g/mol. The second-order valence-corrected chi connectivity index (χ2v) is 6.82. The van der Waals surface area contributed by atoms with Crippen LogP contribution in [-0.4, -0.2) is 24.5 Å². The van der Waals surface area contributed by atoms with Crippen molar-refractivity contribution in [1.29, 1.82) is 0 Å². The van der Waals surface area contributed by atoms with E-state index in [2.05, 4.69) is 5.32 Å². The Bertz CT molecular complexity index is 770. The second-order valence-electron chi connectivity index (χ2n) is 6.82. The van der Waals surface area contributed by atoms with Gasteiger partial charge in [0.05, 0.1) is 0 Å². The molecule has 0 radical (unpaired) electrons. The molecule has 0 spiro atoms. The number of benzene rings is 2. The predicted octanol–water partition coefficient (Wildman–Crippen LogP) is 3.63. The first-order chi connectivity index (χ1) is 12.5. The second kappa shape index (κ2) is 7.60. The number of fused-ring (bicyclic) bond motifs is 2. The first kappa shape index (κ1) is 18.0. The van der Waals surface area contributed by atoms with Crippen LogP contribution in [0.3, 0.4) is 0 Å². The zero-order valence-corrected chi connectivity index (χ0v) is 15.2. The molecule has 0 aromatic heterocycles. The lowest BCUT2D eigenvalue weighted by Gasteiger charge is -2.26. The van der Waals surface area contributed by atoms with Crippen molar-refractivity contribution >= 4 is 11.9 Å². The van der Waals surface area contributed by atoms with E-state index in [0.717, 1.165) is 11.1 Å². The van der Waals surface area contributed by atoms with Gasteiger partial charge in [-0.25, -0.2) is 0 Å². The molecule has 2 aromatic carbocycles. The van der Waals surface area contributed by atoms with Crippen molar-refractivity contribution in [3.8, 4) is 11.5 Å². The summed E-state index contributed by atoms with van der Waals surface area (Å²) in [4.78, 5) is 24.8. The Morgan fingerprint density at radius 2 is 1.54 bits per heavy atom. The van der Waals surface area contributed by atoms with Crippen LogP contribution in [0.25, 0.3) is 0 Å². The van der Waals surface area contributed by atoms with Gasteiger partial charge >= 0.3 is 5.97 Å². The Morgan fingerprint density at radius 3 is 2.08 bits per heavy atom. The third-order valence-corrected chi connectivity index (χ3v) is 4.65. The normalized spacial score (nSPS) is 14.0. The number of esters is 1. The van der Waals surface area contributed by atoms with E-state index < -0.39 is 11.9 Å². The van der Waals surface area contributed by atoms with E-state index in [-0.39, 0.29) is 18.6 Å². The molecule has 136 valence electrons. The van der Waals surface area contributed by atoms with Gasteiger partial charge in [0.1, 0.15) is 17.4 Å². The Hall–Kier alpha value is -2.82. The molecular weight excluding hydrogens is 330 g/mol. The highest BCUT2D eigenvalue weighted by Gasteiger charge is 2.33. The number of nitrogens with one attached hydrogen (secondary N) is 1. The van der Waals surface area contributed by atoms with E-state index in [1.807, 2.05) is 69.3 Å². The van der Waals surface area contributed by atoms with Crippen LogP contribution < -0.4 is 10.1 Å². The van der Waals surface area contributed by atoms with Gasteiger partial charge < -0.3 is 14.8 Å². The number of carbonyl (C=O) groups is 2. The first-order valence-electron chi connectivity index (χ1n) is 8.79. The summed E-state index contributed by atoms with van der Waals surface area (Å²) in [5, 5.41) is 2.84. The summed E-state index contributed by atoms with van der Waals surface area (Å²) in [5.41, 5.74) is 1.49. The molecule has 1 heterocycles. The molecule has 26 heavy (non-hydrogen) atoms. The van der Waals surface area contributed by atoms with E-state index in [0.29, 0.717) is 17.4 Å². The topological polar surface area (TPSA) is 64.6 Å². The molecule has 1 aliphatic rings. The minimum Gasteiger partial charge on any atom is -0.457 e. The SMILES string of the molecule is CC(C)[C@H](C)NC(=O)COC(=O)C1c2ccccc2Oc2ccccc21. The van der Waals surface area contributed by atoms with E-state index in [1.165, 1.54) is 0 Å². The molecule has 1 N–H and O–H groups in total. The summed E-state index contributed by atoms with van der Waals surface area (Å²) < 4.78 is 11.2. The minimum absolute atomic E-state index is 0.0192. The minimum atomic E-state index is -0.605. The molecule has 2 aromatic rings. The maximum atomic E-state index is 12.8. The highest BCUT2D eigenvalue weighted by Crippen LogP contribution is 2.44. The molecule has 0 fully saturated rings. The largest absolute Gasteiger partial charge is 0.457 e. The number of hydrogen-bond acceptors (Lipinski definition) is 4.